The van der Waals surface area contributed by atoms with Crippen LogP contribution in [0.3, 0.4) is 0 Å². The molecular weight excluding hydrogens is 354 g/mol. The summed E-state index contributed by atoms with van der Waals surface area (Å²) < 4.78 is 0. The summed E-state index contributed by atoms with van der Waals surface area (Å²) in [5.41, 5.74) is 8.25. The minimum atomic E-state index is -0.496. The third-order valence-corrected chi connectivity index (χ3v) is 5.08. The maximum absolute atomic E-state index is 12.9. The van der Waals surface area contributed by atoms with Gasteiger partial charge in [-0.2, -0.15) is 0 Å². The molecule has 0 spiro atoms. The monoisotopic (exact) mass is 379 g/mol. The number of hydrogen-bond donors (Lipinski definition) is 2. The van der Waals surface area contributed by atoms with Gasteiger partial charge < -0.3 is 16.0 Å². The number of nitrogens with zero attached hydrogens (tertiary/aromatic N) is 1. The molecule has 1 saturated heterocycles. The Morgan fingerprint density at radius 3 is 2.61 bits per heavy atom. The van der Waals surface area contributed by atoms with Crippen molar-refractivity contribution in [1.82, 2.24) is 4.90 Å². The third-order valence-electron chi connectivity index (χ3n) is 5.08. The second-order valence-electron chi connectivity index (χ2n) is 7.05. The Morgan fingerprint density at radius 1 is 1.14 bits per heavy atom. The van der Waals surface area contributed by atoms with E-state index in [0.717, 1.165) is 17.5 Å². The second-order valence-corrected chi connectivity index (χ2v) is 7.05. The lowest BCUT2D eigenvalue weighted by Crippen LogP contribution is -2.43. The molecule has 1 heterocycles. The summed E-state index contributed by atoms with van der Waals surface area (Å²) in [4.78, 5) is 39.1. The maximum atomic E-state index is 12.9. The Balaban J connectivity index is 1.71. The van der Waals surface area contributed by atoms with Gasteiger partial charge in [-0.1, -0.05) is 42.5 Å². The number of aryl methyl sites for hydroxylation is 1. The topological polar surface area (TPSA) is 92.5 Å². The van der Waals surface area contributed by atoms with E-state index in [1.165, 1.54) is 0 Å². The fourth-order valence-corrected chi connectivity index (χ4v) is 3.47. The first-order valence-corrected chi connectivity index (χ1v) is 9.47. The van der Waals surface area contributed by atoms with Gasteiger partial charge in [0.05, 0.1) is 13.0 Å². The van der Waals surface area contributed by atoms with Crippen molar-refractivity contribution in [2.24, 2.45) is 5.73 Å². The van der Waals surface area contributed by atoms with Gasteiger partial charge in [-0.25, -0.2) is 0 Å². The molecule has 6 nitrogen and oxygen atoms in total. The van der Waals surface area contributed by atoms with Crippen LogP contribution in [0.4, 0.5) is 5.69 Å². The third kappa shape index (κ3) is 4.46. The predicted molar refractivity (Wildman–Crippen MR) is 108 cm³/mol. The lowest BCUT2D eigenvalue weighted by Gasteiger charge is -2.24. The van der Waals surface area contributed by atoms with Crippen LogP contribution in [0.2, 0.25) is 0 Å². The Labute approximate surface area is 164 Å². The number of carbonyl (C=O) groups is 3. The van der Waals surface area contributed by atoms with Crippen LogP contribution in [-0.4, -0.2) is 41.6 Å². The highest BCUT2D eigenvalue weighted by molar-refractivity contribution is 6.01. The van der Waals surface area contributed by atoms with Crippen molar-refractivity contribution in [3.05, 3.63) is 65.2 Å². The first-order valence-electron chi connectivity index (χ1n) is 9.47. The van der Waals surface area contributed by atoms with Gasteiger partial charge in [-0.3, -0.25) is 14.4 Å². The number of amides is 2. The predicted octanol–water partition coefficient (Wildman–Crippen LogP) is 2.31. The van der Waals surface area contributed by atoms with Gasteiger partial charge in [0.2, 0.25) is 11.8 Å². The minimum absolute atomic E-state index is 0.0485. The fourth-order valence-electron chi connectivity index (χ4n) is 3.47. The molecule has 0 saturated carbocycles. The van der Waals surface area contributed by atoms with Gasteiger partial charge in [0.1, 0.15) is 6.04 Å². The lowest BCUT2D eigenvalue weighted by molar-refractivity contribution is -0.136. The van der Waals surface area contributed by atoms with E-state index in [0.29, 0.717) is 24.2 Å². The van der Waals surface area contributed by atoms with Gasteiger partial charge in [0, 0.05) is 17.8 Å². The summed E-state index contributed by atoms with van der Waals surface area (Å²) >= 11 is 0. The molecule has 2 amide bonds. The molecule has 2 aromatic rings. The molecule has 0 radical (unpaired) electrons. The number of hydrogen-bond acceptors (Lipinski definition) is 4. The number of nitrogens with one attached hydrogen (secondary N) is 1. The number of likely N-dealkylation sites (tertiary alicyclic amines) is 1. The summed E-state index contributed by atoms with van der Waals surface area (Å²) in [6.45, 7) is 2.36. The molecular formula is C22H25N3O3. The molecule has 3 N–H and O–H groups in total. The fraction of sp³-hybridized carbons (Fsp3) is 0.318. The first-order chi connectivity index (χ1) is 13.5. The van der Waals surface area contributed by atoms with Crippen molar-refractivity contribution in [3.8, 4) is 0 Å². The zero-order chi connectivity index (χ0) is 20.1. The van der Waals surface area contributed by atoms with Crippen LogP contribution < -0.4 is 11.1 Å². The van der Waals surface area contributed by atoms with Crippen LogP contribution in [0.25, 0.3) is 0 Å². The number of carbonyl (C=O) groups excluding carboxylic acids is 3. The number of nitrogens with two attached hydrogens (primary N) is 1. The van der Waals surface area contributed by atoms with Crippen molar-refractivity contribution in [3.63, 3.8) is 0 Å². The average Bonchev–Trinajstić information content (AvgIpc) is 3.20. The van der Waals surface area contributed by atoms with E-state index in [4.69, 9.17) is 5.73 Å². The molecule has 3 rings (SSSR count). The van der Waals surface area contributed by atoms with E-state index in [-0.39, 0.29) is 30.6 Å². The van der Waals surface area contributed by atoms with Crippen molar-refractivity contribution in [2.75, 3.05) is 18.4 Å². The molecule has 0 aliphatic carbocycles. The van der Waals surface area contributed by atoms with Crippen LogP contribution in [0.1, 0.15) is 34.3 Å². The molecule has 6 heteroatoms. The van der Waals surface area contributed by atoms with Gasteiger partial charge in [-0.05, 0) is 37.0 Å². The van der Waals surface area contributed by atoms with E-state index < -0.39 is 6.04 Å². The van der Waals surface area contributed by atoms with E-state index in [9.17, 15) is 14.4 Å². The SMILES string of the molecule is Cc1ccc(C(=O)CN)cc1NC(=O)[C@@H]1CCCN1C(=O)Cc1ccccc1. The molecule has 0 unspecified atom stereocenters. The molecule has 1 atom stereocenters. The van der Waals surface area contributed by atoms with Crippen LogP contribution >= 0.6 is 0 Å². The highest BCUT2D eigenvalue weighted by Gasteiger charge is 2.34. The highest BCUT2D eigenvalue weighted by atomic mass is 16.2. The van der Waals surface area contributed by atoms with Gasteiger partial charge in [-0.15, -0.1) is 0 Å². The van der Waals surface area contributed by atoms with Gasteiger partial charge in [0.15, 0.2) is 5.78 Å². The molecule has 2 aromatic carbocycles. The number of ketones is 1. The van der Waals surface area contributed by atoms with Crippen molar-refractivity contribution < 1.29 is 14.4 Å². The summed E-state index contributed by atoms with van der Waals surface area (Å²) in [6, 6.07) is 14.2. The minimum Gasteiger partial charge on any atom is -0.330 e. The highest BCUT2D eigenvalue weighted by Crippen LogP contribution is 2.23. The molecule has 1 aliphatic rings. The van der Waals surface area contributed by atoms with Crippen LogP contribution in [-0.2, 0) is 16.0 Å². The van der Waals surface area contributed by atoms with Crippen LogP contribution in [0.15, 0.2) is 48.5 Å². The maximum Gasteiger partial charge on any atom is 0.247 e. The standard InChI is InChI=1S/C22H25N3O3/c1-15-9-10-17(20(26)14-23)13-18(15)24-22(28)19-8-5-11-25(19)21(27)12-16-6-3-2-4-7-16/h2-4,6-7,9-10,13,19H,5,8,11-12,14,23H2,1H3,(H,24,28)/t19-/m0/s1. The Morgan fingerprint density at radius 2 is 1.89 bits per heavy atom. The average molecular weight is 379 g/mol. The summed E-state index contributed by atoms with van der Waals surface area (Å²) in [6.07, 6.45) is 1.71. The molecule has 146 valence electrons. The van der Waals surface area contributed by atoms with E-state index >= 15 is 0 Å². The molecule has 28 heavy (non-hydrogen) atoms. The lowest BCUT2D eigenvalue weighted by atomic mass is 10.1. The van der Waals surface area contributed by atoms with Gasteiger partial charge >= 0.3 is 0 Å². The number of rotatable bonds is 6. The van der Waals surface area contributed by atoms with E-state index in [1.807, 2.05) is 37.3 Å². The molecule has 1 aliphatic heterocycles. The first kappa shape index (κ1) is 19.8. The van der Waals surface area contributed by atoms with Crippen molar-refractivity contribution >= 4 is 23.3 Å². The molecule has 0 bridgehead atoms. The largest absolute Gasteiger partial charge is 0.330 e. The number of anilines is 1. The number of benzene rings is 2. The molecule has 1 fully saturated rings. The normalized spacial score (nSPS) is 16.1. The Hall–Kier alpha value is -2.99. The zero-order valence-electron chi connectivity index (χ0n) is 16.0. The van der Waals surface area contributed by atoms with Crippen molar-refractivity contribution in [1.29, 1.82) is 0 Å². The van der Waals surface area contributed by atoms with Crippen molar-refractivity contribution in [2.45, 2.75) is 32.2 Å². The zero-order valence-corrected chi connectivity index (χ0v) is 16.0. The van der Waals surface area contributed by atoms with E-state index in [1.54, 1.807) is 23.1 Å². The van der Waals surface area contributed by atoms with Gasteiger partial charge in [0.25, 0.3) is 0 Å². The summed E-state index contributed by atoms with van der Waals surface area (Å²) in [7, 11) is 0. The molecule has 0 aromatic heterocycles. The van der Waals surface area contributed by atoms with Crippen LogP contribution in [0.5, 0.6) is 0 Å². The number of Topliss-reactive ketones (excluding diaryl/α,β-unsaturated/α-hetero) is 1. The summed E-state index contributed by atoms with van der Waals surface area (Å²) in [5, 5.41) is 2.89. The second kappa shape index (κ2) is 8.80. The summed E-state index contributed by atoms with van der Waals surface area (Å²) in [5.74, 6) is -0.456. The Bertz CT molecular complexity index is 880. The van der Waals surface area contributed by atoms with Crippen LogP contribution in [0, 0.1) is 6.92 Å². The smallest absolute Gasteiger partial charge is 0.247 e. The van der Waals surface area contributed by atoms with E-state index in [2.05, 4.69) is 5.32 Å². The Kier molecular flexibility index (Phi) is 6.21. The quantitative estimate of drug-likeness (QED) is 0.754.